The topological polar surface area (TPSA) is 35.5 Å². The second-order valence-electron chi connectivity index (χ2n) is 3.89. The number of unbranched alkanes of at least 4 members (excludes halogenated alkanes) is 1. The first-order chi connectivity index (χ1) is 7.55. The van der Waals surface area contributed by atoms with Crippen LogP contribution in [0.3, 0.4) is 0 Å². The molecule has 0 aliphatic heterocycles. The summed E-state index contributed by atoms with van der Waals surface area (Å²) in [7, 11) is -0.636. The van der Waals surface area contributed by atoms with Gasteiger partial charge in [-0.3, -0.25) is 0 Å². The van der Waals surface area contributed by atoms with Crippen LogP contribution in [0.4, 0.5) is 0 Å². The van der Waals surface area contributed by atoms with Crippen LogP contribution in [-0.2, 0) is 13.6 Å². The van der Waals surface area contributed by atoms with Crippen molar-refractivity contribution in [1.82, 2.24) is 0 Å². The highest BCUT2D eigenvalue weighted by Gasteiger charge is 2.36. The fourth-order valence-electron chi connectivity index (χ4n) is 1.42. The summed E-state index contributed by atoms with van der Waals surface area (Å²) >= 11 is 0. The number of carbonyl (C=O) groups excluding carboxylic acids is 1. The van der Waals surface area contributed by atoms with E-state index < -0.39 is 8.56 Å². The summed E-state index contributed by atoms with van der Waals surface area (Å²) in [5.74, 6) is -0.217. The average molecular weight is 244 g/mol. The molecule has 0 radical (unpaired) electrons. The molecule has 0 unspecified atom stereocenters. The Morgan fingerprint density at radius 3 is 2.19 bits per heavy atom. The van der Waals surface area contributed by atoms with Crippen LogP contribution >= 0.6 is 0 Å². The number of hydrogen-bond acceptors (Lipinski definition) is 3. The quantitative estimate of drug-likeness (QED) is 0.508. The average Bonchev–Trinajstić information content (AvgIpc) is 2.32. The zero-order valence-electron chi connectivity index (χ0n) is 11.1. The molecule has 0 aromatic rings. The Kier molecular flexibility index (Phi) is 7.33. The zero-order chi connectivity index (χ0) is 12.6. The summed E-state index contributed by atoms with van der Waals surface area (Å²) in [5.41, 5.74) is 0.692. The molecule has 0 aromatic carbocycles. The fraction of sp³-hybridized carbons (Fsp3) is 0.750. The maximum Gasteiger partial charge on any atom is 0.401 e. The van der Waals surface area contributed by atoms with Crippen molar-refractivity contribution >= 4 is 14.5 Å². The van der Waals surface area contributed by atoms with E-state index in [1.165, 1.54) is 0 Å². The molecule has 0 bridgehead atoms. The molecule has 0 rings (SSSR count). The number of allylic oxidation sites excluding steroid dienone is 1. The molecule has 0 heterocycles. The predicted molar refractivity (Wildman–Crippen MR) is 68.5 cm³/mol. The summed E-state index contributed by atoms with van der Waals surface area (Å²) in [5, 5.41) is 0. The van der Waals surface area contributed by atoms with Crippen LogP contribution in [-0.4, -0.2) is 21.6 Å². The second-order valence-corrected chi connectivity index (χ2v) is 7.74. The first-order valence-electron chi connectivity index (χ1n) is 6.00. The largest absolute Gasteiger partial charge is 0.491 e. The normalized spacial score (nSPS) is 12.7. The van der Waals surface area contributed by atoms with Gasteiger partial charge in [0.2, 0.25) is 0 Å². The molecule has 0 atom stereocenters. The van der Waals surface area contributed by atoms with Gasteiger partial charge in [0.25, 0.3) is 0 Å². The van der Waals surface area contributed by atoms with Gasteiger partial charge in [0, 0.05) is 12.7 Å². The molecule has 94 valence electrons. The molecule has 0 saturated carbocycles. The summed E-state index contributed by atoms with van der Waals surface area (Å²) in [6.45, 7) is 7.91. The van der Waals surface area contributed by atoms with E-state index in [9.17, 15) is 4.79 Å². The van der Waals surface area contributed by atoms with Gasteiger partial charge in [0.05, 0.1) is 0 Å². The number of rotatable bonds is 7. The summed E-state index contributed by atoms with van der Waals surface area (Å²) < 4.78 is 11.0. The highest BCUT2D eigenvalue weighted by molar-refractivity contribution is 6.68. The minimum absolute atomic E-state index is 0.217. The highest BCUT2D eigenvalue weighted by Crippen LogP contribution is 2.19. The van der Waals surface area contributed by atoms with Crippen LogP contribution in [0.1, 0.15) is 40.5 Å². The van der Waals surface area contributed by atoms with E-state index in [0.29, 0.717) is 5.57 Å². The Morgan fingerprint density at radius 1 is 1.25 bits per heavy atom. The van der Waals surface area contributed by atoms with Crippen LogP contribution < -0.4 is 0 Å². The SMILES string of the molecule is CCCC=C(C)C(=O)O[Si](CC)(CC)OC. The van der Waals surface area contributed by atoms with E-state index in [1.807, 2.05) is 19.9 Å². The standard InChI is InChI=1S/C12H24O3Si/c1-6-9-10-11(4)12(13)15-16(7-2,8-3)14-5/h10H,6-9H2,1-5H3. The van der Waals surface area contributed by atoms with Crippen molar-refractivity contribution in [2.45, 2.75) is 52.6 Å². The monoisotopic (exact) mass is 244 g/mol. The van der Waals surface area contributed by atoms with Gasteiger partial charge < -0.3 is 8.85 Å². The molecule has 0 N–H and O–H groups in total. The Morgan fingerprint density at radius 2 is 1.81 bits per heavy atom. The minimum Gasteiger partial charge on any atom is -0.491 e. The van der Waals surface area contributed by atoms with Crippen molar-refractivity contribution in [3.8, 4) is 0 Å². The molecular weight excluding hydrogens is 220 g/mol. The first kappa shape index (κ1) is 15.4. The van der Waals surface area contributed by atoms with Gasteiger partial charge in [-0.05, 0) is 25.4 Å². The second kappa shape index (κ2) is 7.63. The molecule has 0 amide bonds. The third-order valence-electron chi connectivity index (χ3n) is 2.79. The molecule has 0 spiro atoms. The van der Waals surface area contributed by atoms with E-state index in [0.717, 1.165) is 24.9 Å². The van der Waals surface area contributed by atoms with E-state index >= 15 is 0 Å². The first-order valence-corrected chi connectivity index (χ1v) is 8.23. The van der Waals surface area contributed by atoms with Crippen molar-refractivity contribution in [3.05, 3.63) is 11.6 Å². The van der Waals surface area contributed by atoms with E-state index in [-0.39, 0.29) is 5.97 Å². The Labute approximate surface area is 100 Å². The van der Waals surface area contributed by atoms with Crippen LogP contribution in [0.15, 0.2) is 11.6 Å². The van der Waals surface area contributed by atoms with Crippen molar-refractivity contribution in [2.75, 3.05) is 7.11 Å². The van der Waals surface area contributed by atoms with Crippen LogP contribution in [0, 0.1) is 0 Å². The van der Waals surface area contributed by atoms with Crippen LogP contribution in [0.25, 0.3) is 0 Å². The highest BCUT2D eigenvalue weighted by atomic mass is 28.4. The van der Waals surface area contributed by atoms with Crippen LogP contribution in [0.2, 0.25) is 12.1 Å². The molecule has 4 heteroatoms. The lowest BCUT2D eigenvalue weighted by molar-refractivity contribution is -0.132. The lowest BCUT2D eigenvalue weighted by atomic mass is 10.2. The van der Waals surface area contributed by atoms with E-state index in [1.54, 1.807) is 14.0 Å². The predicted octanol–water partition coefficient (Wildman–Crippen LogP) is 3.40. The summed E-state index contributed by atoms with van der Waals surface area (Å²) in [4.78, 5) is 11.8. The van der Waals surface area contributed by atoms with Crippen molar-refractivity contribution in [1.29, 1.82) is 0 Å². The molecule has 0 aliphatic carbocycles. The van der Waals surface area contributed by atoms with E-state index in [2.05, 4.69) is 6.92 Å². The molecule has 3 nitrogen and oxygen atoms in total. The van der Waals surface area contributed by atoms with E-state index in [4.69, 9.17) is 8.85 Å². The molecule has 16 heavy (non-hydrogen) atoms. The lowest BCUT2D eigenvalue weighted by Crippen LogP contribution is -2.41. The maximum absolute atomic E-state index is 11.8. The smallest absolute Gasteiger partial charge is 0.401 e. The van der Waals surface area contributed by atoms with Crippen molar-refractivity contribution < 1.29 is 13.6 Å². The molecule has 0 aromatic heterocycles. The Balaban J connectivity index is 4.52. The summed E-state index contributed by atoms with van der Waals surface area (Å²) in [6.07, 6.45) is 3.89. The Hall–Kier alpha value is -0.613. The lowest BCUT2D eigenvalue weighted by Gasteiger charge is -2.26. The number of hydrogen-bond donors (Lipinski definition) is 0. The Bertz CT molecular complexity index is 236. The van der Waals surface area contributed by atoms with Crippen molar-refractivity contribution in [3.63, 3.8) is 0 Å². The molecular formula is C12H24O3Si. The van der Waals surface area contributed by atoms with Gasteiger partial charge in [-0.15, -0.1) is 0 Å². The fourth-order valence-corrected chi connectivity index (χ4v) is 3.37. The molecule has 0 saturated heterocycles. The molecule has 0 aliphatic rings. The van der Waals surface area contributed by atoms with Gasteiger partial charge in [0.1, 0.15) is 0 Å². The third kappa shape index (κ3) is 4.49. The van der Waals surface area contributed by atoms with Crippen molar-refractivity contribution in [2.24, 2.45) is 0 Å². The summed E-state index contributed by atoms with van der Waals surface area (Å²) in [6, 6.07) is 1.60. The minimum atomic E-state index is -2.27. The van der Waals surface area contributed by atoms with Gasteiger partial charge in [0.15, 0.2) is 0 Å². The van der Waals surface area contributed by atoms with Crippen LogP contribution in [0.5, 0.6) is 0 Å². The number of carbonyl (C=O) groups is 1. The van der Waals surface area contributed by atoms with Gasteiger partial charge in [-0.2, -0.15) is 0 Å². The van der Waals surface area contributed by atoms with Gasteiger partial charge in [-0.25, -0.2) is 4.79 Å². The maximum atomic E-state index is 11.8. The third-order valence-corrected chi connectivity index (χ3v) is 6.25. The van der Waals surface area contributed by atoms with Gasteiger partial charge >= 0.3 is 14.5 Å². The molecule has 0 fully saturated rings. The zero-order valence-corrected chi connectivity index (χ0v) is 12.1. The van der Waals surface area contributed by atoms with Gasteiger partial charge in [-0.1, -0.05) is 33.3 Å².